The Labute approximate surface area is 399 Å². The Morgan fingerprint density at radius 1 is 0.567 bits per heavy atom. The number of rotatable bonds is 11. The van der Waals surface area contributed by atoms with Crippen molar-refractivity contribution in [3.63, 3.8) is 0 Å². The van der Waals surface area contributed by atoms with E-state index in [4.69, 9.17) is 28.4 Å². The minimum atomic E-state index is 0.135. The lowest BCUT2D eigenvalue weighted by molar-refractivity contribution is 0.112. The molecule has 6 aromatic carbocycles. The first-order chi connectivity index (χ1) is 32.0. The minimum Gasteiger partial charge on any atom is -0.493 e. The van der Waals surface area contributed by atoms with Gasteiger partial charge in [0.1, 0.15) is 29.3 Å². The van der Waals surface area contributed by atoms with E-state index in [-0.39, 0.29) is 10.8 Å². The maximum atomic E-state index is 10.7. The Morgan fingerprint density at radius 3 is 1.55 bits per heavy atom. The first-order valence-electron chi connectivity index (χ1n) is 23.2. The topological polar surface area (TPSA) is 87.7 Å². The van der Waals surface area contributed by atoms with Gasteiger partial charge in [-0.25, -0.2) is 0 Å². The summed E-state index contributed by atoms with van der Waals surface area (Å²) in [5.74, 6) is 6.41. The molecule has 6 aromatic rings. The van der Waals surface area contributed by atoms with Gasteiger partial charge in [0.05, 0.1) is 28.4 Å². The predicted octanol–water partition coefficient (Wildman–Crippen LogP) is 13.4. The molecule has 0 aromatic heterocycles. The van der Waals surface area contributed by atoms with Gasteiger partial charge in [-0.2, -0.15) is 0 Å². The highest BCUT2D eigenvalue weighted by Crippen LogP contribution is 2.39. The van der Waals surface area contributed by atoms with Crippen LogP contribution in [0.1, 0.15) is 117 Å². The average molecular weight is 907 g/mol. The molecule has 8 rings (SSSR count). The standard InChI is InChI=1S/C29H35NO3.C17H18O2.C12H17NO2/c1-20-26-18-28(32-6)27(31-5)17-22(26)14-15-30(20)19-21-8-7-9-25(16-21)33-24-12-10-23(11-13-24)29(2,3)4;1-17(2,3)14-7-9-15(10-8-14)19-16-6-4-5-13(11-16)12-18;1-8-10-7-12(15-3)11(14-2)6-9(10)4-5-13-8/h7-13,16-18,20H,14-15,19H2,1-6H3;4-12H,1-3H3;6-8,13H,4-5H2,1-3H3. The van der Waals surface area contributed by atoms with Crippen molar-refractivity contribution in [1.29, 1.82) is 0 Å². The van der Waals surface area contributed by atoms with Gasteiger partial charge in [-0.3, -0.25) is 9.69 Å². The van der Waals surface area contributed by atoms with Crippen LogP contribution in [0.2, 0.25) is 0 Å². The zero-order valence-electron chi connectivity index (χ0n) is 41.6. The Balaban J connectivity index is 0.000000183. The van der Waals surface area contributed by atoms with Crippen molar-refractivity contribution in [3.05, 3.63) is 166 Å². The molecule has 9 nitrogen and oxygen atoms in total. The number of hydrogen-bond acceptors (Lipinski definition) is 9. The minimum absolute atomic E-state index is 0.135. The second kappa shape index (κ2) is 22.5. The number of benzene rings is 6. The summed E-state index contributed by atoms with van der Waals surface area (Å²) in [6.45, 7) is 20.5. The van der Waals surface area contributed by atoms with Crippen molar-refractivity contribution in [2.45, 2.75) is 97.7 Å². The zero-order valence-corrected chi connectivity index (χ0v) is 41.6. The van der Waals surface area contributed by atoms with E-state index >= 15 is 0 Å². The molecular formula is C58H70N2O7. The molecule has 67 heavy (non-hydrogen) atoms. The van der Waals surface area contributed by atoms with Gasteiger partial charge >= 0.3 is 0 Å². The van der Waals surface area contributed by atoms with Crippen molar-refractivity contribution in [2.24, 2.45) is 0 Å². The highest BCUT2D eigenvalue weighted by atomic mass is 16.5. The van der Waals surface area contributed by atoms with Crippen molar-refractivity contribution in [2.75, 3.05) is 41.5 Å². The number of methoxy groups -OCH3 is 4. The first kappa shape index (κ1) is 50.1. The lowest BCUT2D eigenvalue weighted by Gasteiger charge is -2.35. The smallest absolute Gasteiger partial charge is 0.161 e. The molecule has 0 saturated heterocycles. The summed E-state index contributed by atoms with van der Waals surface area (Å²) in [7, 11) is 6.73. The van der Waals surface area contributed by atoms with Crippen LogP contribution in [0.25, 0.3) is 0 Å². The molecule has 2 atom stereocenters. The summed E-state index contributed by atoms with van der Waals surface area (Å²) >= 11 is 0. The normalized spacial score (nSPS) is 15.5. The van der Waals surface area contributed by atoms with Crippen LogP contribution >= 0.6 is 0 Å². The van der Waals surface area contributed by atoms with E-state index in [2.05, 4.69) is 144 Å². The third kappa shape index (κ3) is 13.2. The van der Waals surface area contributed by atoms with Gasteiger partial charge in [-0.05, 0) is 156 Å². The van der Waals surface area contributed by atoms with Crippen LogP contribution in [0, 0.1) is 0 Å². The number of nitrogens with zero attached hydrogens (tertiary/aromatic N) is 1. The van der Waals surface area contributed by atoms with Crippen LogP contribution in [-0.4, -0.2) is 52.7 Å². The molecule has 1 N–H and O–H groups in total. The lowest BCUT2D eigenvalue weighted by Crippen LogP contribution is -2.33. The van der Waals surface area contributed by atoms with E-state index in [9.17, 15) is 4.79 Å². The molecule has 0 amide bonds. The summed E-state index contributed by atoms with van der Waals surface area (Å²) in [6, 6.07) is 41.1. The molecule has 0 fully saturated rings. The highest BCUT2D eigenvalue weighted by molar-refractivity contribution is 5.75. The molecule has 2 heterocycles. The molecule has 0 radical (unpaired) electrons. The summed E-state index contributed by atoms with van der Waals surface area (Å²) in [5.41, 5.74) is 10.0. The zero-order chi connectivity index (χ0) is 48.3. The average Bonchev–Trinajstić information content (AvgIpc) is 3.32. The summed E-state index contributed by atoms with van der Waals surface area (Å²) in [6.07, 6.45) is 2.87. The van der Waals surface area contributed by atoms with Gasteiger partial charge in [-0.1, -0.05) is 90.1 Å². The monoisotopic (exact) mass is 907 g/mol. The summed E-state index contributed by atoms with van der Waals surface area (Å²) < 4.78 is 33.5. The summed E-state index contributed by atoms with van der Waals surface area (Å²) in [4.78, 5) is 13.2. The van der Waals surface area contributed by atoms with Gasteiger partial charge in [0.25, 0.3) is 0 Å². The Bertz CT molecular complexity index is 2560. The number of fused-ring (bicyclic) bond motifs is 2. The van der Waals surface area contributed by atoms with Crippen LogP contribution in [0.3, 0.4) is 0 Å². The van der Waals surface area contributed by atoms with E-state index in [0.29, 0.717) is 23.4 Å². The lowest BCUT2D eigenvalue weighted by atomic mass is 9.87. The maximum absolute atomic E-state index is 10.7. The number of nitrogens with one attached hydrogen (secondary N) is 1. The SMILES string of the molecule is CC(C)(C)c1ccc(Oc2cccc(C=O)c2)cc1.COc1cc2c(cc1OC)C(C)N(Cc1cccc(Oc3ccc(C(C)(C)C)cc3)c1)CC2.COc1cc2c(cc1OC)C(C)NCC2. The van der Waals surface area contributed by atoms with Gasteiger partial charge in [0.2, 0.25) is 0 Å². The van der Waals surface area contributed by atoms with Gasteiger partial charge in [-0.15, -0.1) is 0 Å². The van der Waals surface area contributed by atoms with Crippen LogP contribution in [0.5, 0.6) is 46.0 Å². The fourth-order valence-electron chi connectivity index (χ4n) is 8.41. The fraction of sp³-hybridized carbons (Fsp3) is 0.362. The van der Waals surface area contributed by atoms with Crippen LogP contribution in [-0.2, 0) is 30.2 Å². The Kier molecular flexibility index (Phi) is 16.8. The second-order valence-corrected chi connectivity index (χ2v) is 19.2. The van der Waals surface area contributed by atoms with Gasteiger partial charge in [0.15, 0.2) is 23.0 Å². The van der Waals surface area contributed by atoms with Crippen LogP contribution < -0.4 is 33.7 Å². The van der Waals surface area contributed by atoms with Crippen LogP contribution in [0.4, 0.5) is 0 Å². The van der Waals surface area contributed by atoms with E-state index in [1.807, 2.05) is 30.3 Å². The van der Waals surface area contributed by atoms with E-state index < -0.39 is 0 Å². The van der Waals surface area contributed by atoms with E-state index in [1.165, 1.54) is 38.9 Å². The quantitative estimate of drug-likeness (QED) is 0.128. The third-order valence-electron chi connectivity index (χ3n) is 12.5. The maximum Gasteiger partial charge on any atom is 0.161 e. The summed E-state index contributed by atoms with van der Waals surface area (Å²) in [5, 5.41) is 3.43. The predicted molar refractivity (Wildman–Crippen MR) is 270 cm³/mol. The molecule has 2 aliphatic rings. The Hall–Kier alpha value is -6.29. The molecule has 2 aliphatic heterocycles. The highest BCUT2D eigenvalue weighted by Gasteiger charge is 2.26. The van der Waals surface area contributed by atoms with E-state index in [1.54, 1.807) is 40.6 Å². The van der Waals surface area contributed by atoms with Crippen molar-refractivity contribution in [1.82, 2.24) is 10.2 Å². The first-order valence-corrected chi connectivity index (χ1v) is 23.2. The molecule has 0 spiro atoms. The van der Waals surface area contributed by atoms with Gasteiger partial charge in [0, 0.05) is 30.7 Å². The number of hydrogen-bond donors (Lipinski definition) is 1. The molecule has 9 heteroatoms. The molecule has 0 bridgehead atoms. The van der Waals surface area contributed by atoms with Crippen molar-refractivity contribution >= 4 is 6.29 Å². The third-order valence-corrected chi connectivity index (χ3v) is 12.5. The fourth-order valence-corrected chi connectivity index (χ4v) is 8.41. The Morgan fingerprint density at radius 2 is 1.04 bits per heavy atom. The largest absolute Gasteiger partial charge is 0.493 e. The van der Waals surface area contributed by atoms with E-state index in [0.717, 1.165) is 79.0 Å². The number of carbonyl (C=O) groups excluding carboxylic acids is 1. The van der Waals surface area contributed by atoms with Crippen molar-refractivity contribution < 1.29 is 33.2 Å². The van der Waals surface area contributed by atoms with Gasteiger partial charge < -0.3 is 33.7 Å². The molecule has 2 unspecified atom stereocenters. The molecule has 354 valence electrons. The molecule has 0 aliphatic carbocycles. The van der Waals surface area contributed by atoms with Crippen molar-refractivity contribution in [3.8, 4) is 46.0 Å². The number of ether oxygens (including phenoxy) is 6. The number of aldehydes is 1. The van der Waals surface area contributed by atoms with Crippen LogP contribution in [0.15, 0.2) is 121 Å². The number of carbonyl (C=O) groups is 1. The molecular weight excluding hydrogens is 837 g/mol. The second-order valence-electron chi connectivity index (χ2n) is 19.2. The molecule has 0 saturated carbocycles.